The van der Waals surface area contributed by atoms with Crippen LogP contribution in [0, 0.1) is 0 Å². The Morgan fingerprint density at radius 1 is 0.525 bits per heavy atom. The Morgan fingerprint density at radius 2 is 1.24 bits per heavy atom. The van der Waals surface area contributed by atoms with Gasteiger partial charge in [-0.1, -0.05) is 108 Å². The van der Waals surface area contributed by atoms with Crippen LogP contribution in [0.1, 0.15) is 76.0 Å². The van der Waals surface area contributed by atoms with E-state index in [0.29, 0.717) is 17.8 Å². The highest BCUT2D eigenvalue weighted by Crippen LogP contribution is 2.43. The number of hydrogen-bond acceptors (Lipinski definition) is 3. The number of ether oxygens (including phenoxy) is 1. The van der Waals surface area contributed by atoms with E-state index in [1.807, 2.05) is 41.3 Å². The number of pyridine rings is 1. The van der Waals surface area contributed by atoms with Crippen molar-refractivity contribution in [2.45, 2.75) is 59.3 Å². The maximum atomic E-state index is 6.70. The van der Waals surface area contributed by atoms with Crippen LogP contribution >= 0.6 is 0 Å². The zero-order valence-corrected chi connectivity index (χ0v) is 34.4. The molecule has 0 fully saturated rings. The summed E-state index contributed by atoms with van der Waals surface area (Å²) in [5.74, 6) is 3.57. The quantitative estimate of drug-likeness (QED) is 0.147. The minimum atomic E-state index is 0.385. The van der Waals surface area contributed by atoms with Gasteiger partial charge in [-0.15, -0.1) is 0 Å². The van der Waals surface area contributed by atoms with Crippen molar-refractivity contribution in [2.24, 2.45) is 0 Å². The summed E-state index contributed by atoms with van der Waals surface area (Å²) in [5, 5.41) is 9.58. The number of fused-ring (bicyclic) bond motifs is 7. The van der Waals surface area contributed by atoms with Crippen LogP contribution in [-0.2, 0) is 0 Å². The van der Waals surface area contributed by atoms with Gasteiger partial charge in [0.1, 0.15) is 17.3 Å². The molecule has 0 unspecified atom stereocenters. The van der Waals surface area contributed by atoms with E-state index >= 15 is 0 Å². The molecular formula is C53H47N5O. The van der Waals surface area contributed by atoms with Gasteiger partial charge in [0, 0.05) is 57.3 Å². The Hall–Kier alpha value is -6.92. The van der Waals surface area contributed by atoms with Gasteiger partial charge in [-0.2, -0.15) is 5.10 Å². The van der Waals surface area contributed by atoms with E-state index in [2.05, 4.69) is 172 Å². The molecule has 6 nitrogen and oxygen atoms in total. The zero-order valence-electron chi connectivity index (χ0n) is 34.4. The SMILES string of the molecule is CC(C)c1cc(C(C)C)c(-c2cnn(-c3cccc(Oc4ccc5c6ccc7c(c8ccccc8n7-c7ccccc7)c6n(-c6ccccn6)c5c4)c3)c2)c(C(C)C)c1. The molecule has 0 radical (unpaired) electrons. The number of rotatable bonds is 9. The van der Waals surface area contributed by atoms with Gasteiger partial charge in [0.05, 0.1) is 34.0 Å². The summed E-state index contributed by atoms with van der Waals surface area (Å²) in [7, 11) is 0. The molecule has 10 rings (SSSR count). The van der Waals surface area contributed by atoms with E-state index in [-0.39, 0.29) is 0 Å². The summed E-state index contributed by atoms with van der Waals surface area (Å²) in [5.41, 5.74) is 13.1. The van der Waals surface area contributed by atoms with Crippen molar-refractivity contribution >= 4 is 43.6 Å². The molecule has 0 N–H and O–H groups in total. The summed E-state index contributed by atoms with van der Waals surface area (Å²) in [6.45, 7) is 13.7. The minimum absolute atomic E-state index is 0.385. The Bertz CT molecular complexity index is 3140. The van der Waals surface area contributed by atoms with Crippen molar-refractivity contribution in [1.82, 2.24) is 23.9 Å². The molecule has 0 aliphatic carbocycles. The molecule has 4 aromatic heterocycles. The van der Waals surface area contributed by atoms with Crippen LogP contribution in [-0.4, -0.2) is 23.9 Å². The highest BCUT2D eigenvalue weighted by molar-refractivity contribution is 6.26. The third-order valence-electron chi connectivity index (χ3n) is 11.7. The summed E-state index contributed by atoms with van der Waals surface area (Å²) in [6.07, 6.45) is 6.03. The van der Waals surface area contributed by atoms with Crippen LogP contribution in [0.25, 0.3) is 71.9 Å². The average molecular weight is 770 g/mol. The number of nitrogens with zero attached hydrogens (tertiary/aromatic N) is 5. The van der Waals surface area contributed by atoms with Crippen molar-refractivity contribution in [2.75, 3.05) is 0 Å². The van der Waals surface area contributed by atoms with E-state index in [1.165, 1.54) is 33.0 Å². The van der Waals surface area contributed by atoms with Crippen molar-refractivity contribution in [3.8, 4) is 39.8 Å². The Morgan fingerprint density at radius 3 is 1.98 bits per heavy atom. The van der Waals surface area contributed by atoms with E-state index in [1.54, 1.807) is 0 Å². The first-order chi connectivity index (χ1) is 28.7. The highest BCUT2D eigenvalue weighted by atomic mass is 16.5. The van der Waals surface area contributed by atoms with Gasteiger partial charge in [-0.3, -0.25) is 4.57 Å². The molecule has 0 saturated carbocycles. The lowest BCUT2D eigenvalue weighted by atomic mass is 9.82. The largest absolute Gasteiger partial charge is 0.457 e. The second kappa shape index (κ2) is 14.5. The lowest BCUT2D eigenvalue weighted by Crippen LogP contribution is -2.03. The monoisotopic (exact) mass is 769 g/mol. The molecular weight excluding hydrogens is 723 g/mol. The molecule has 6 heteroatoms. The molecule has 0 aliphatic rings. The van der Waals surface area contributed by atoms with Gasteiger partial charge in [-0.05, 0) is 101 Å². The fourth-order valence-corrected chi connectivity index (χ4v) is 8.89. The van der Waals surface area contributed by atoms with Gasteiger partial charge >= 0.3 is 0 Å². The van der Waals surface area contributed by atoms with Crippen LogP contribution in [0.15, 0.2) is 158 Å². The summed E-state index contributed by atoms with van der Waals surface area (Å²) in [6, 6.07) is 49.3. The number of hydrogen-bond donors (Lipinski definition) is 0. The lowest BCUT2D eigenvalue weighted by molar-refractivity contribution is 0.483. The number of aromatic nitrogens is 5. The highest BCUT2D eigenvalue weighted by Gasteiger charge is 2.23. The first-order valence-electron chi connectivity index (χ1n) is 20.7. The smallest absolute Gasteiger partial charge is 0.137 e. The Balaban J connectivity index is 1.08. The first-order valence-corrected chi connectivity index (χ1v) is 20.7. The fourth-order valence-electron chi connectivity index (χ4n) is 8.89. The zero-order chi connectivity index (χ0) is 40.4. The second-order valence-electron chi connectivity index (χ2n) is 16.6. The summed E-state index contributed by atoms with van der Waals surface area (Å²) < 4.78 is 13.3. The van der Waals surface area contributed by atoms with Crippen LogP contribution in [0.2, 0.25) is 0 Å². The lowest BCUT2D eigenvalue weighted by Gasteiger charge is -2.22. The Labute approximate surface area is 345 Å². The van der Waals surface area contributed by atoms with E-state index < -0.39 is 0 Å². The molecule has 0 atom stereocenters. The third-order valence-corrected chi connectivity index (χ3v) is 11.7. The van der Waals surface area contributed by atoms with Crippen molar-refractivity contribution in [3.63, 3.8) is 0 Å². The van der Waals surface area contributed by atoms with Gasteiger partial charge < -0.3 is 9.30 Å². The van der Waals surface area contributed by atoms with E-state index in [4.69, 9.17) is 14.8 Å². The van der Waals surface area contributed by atoms with Crippen LogP contribution in [0.3, 0.4) is 0 Å². The fraction of sp³-hybridized carbons (Fsp3) is 0.170. The molecule has 0 amide bonds. The minimum Gasteiger partial charge on any atom is -0.457 e. The molecule has 0 spiro atoms. The predicted octanol–water partition coefficient (Wildman–Crippen LogP) is 14.3. The van der Waals surface area contributed by atoms with E-state index in [9.17, 15) is 0 Å². The van der Waals surface area contributed by atoms with Crippen LogP contribution < -0.4 is 4.74 Å². The standard InChI is InChI=1S/C53H47N5O/c1-33(2)36-27-45(34(3)4)51(46(28-36)35(5)6)37-31-55-56(32-37)39-17-14-18-40(29-39)59-41-22-23-42-43-24-25-48-52(53(43)58(49(42)30-41)50-21-12-13-26-54-50)44-19-10-11-20-47(44)57(48)38-15-8-7-9-16-38/h7-35H,1-6H3. The Kier molecular flexibility index (Phi) is 8.94. The van der Waals surface area contributed by atoms with Crippen molar-refractivity contribution < 1.29 is 4.74 Å². The number of para-hydroxylation sites is 2. The molecule has 0 bridgehead atoms. The van der Waals surface area contributed by atoms with Crippen molar-refractivity contribution in [1.29, 1.82) is 0 Å². The van der Waals surface area contributed by atoms with Crippen LogP contribution in [0.4, 0.5) is 0 Å². The molecule has 0 aliphatic heterocycles. The summed E-state index contributed by atoms with van der Waals surface area (Å²) in [4.78, 5) is 4.90. The molecule has 290 valence electrons. The van der Waals surface area contributed by atoms with Gasteiger partial charge in [0.15, 0.2) is 0 Å². The first kappa shape index (κ1) is 36.4. The van der Waals surface area contributed by atoms with Gasteiger partial charge in [0.25, 0.3) is 0 Å². The topological polar surface area (TPSA) is 49.8 Å². The molecule has 0 saturated heterocycles. The molecule has 59 heavy (non-hydrogen) atoms. The molecule has 10 aromatic rings. The number of benzene rings is 6. The van der Waals surface area contributed by atoms with Gasteiger partial charge in [-0.25, -0.2) is 9.67 Å². The molecule has 4 heterocycles. The average Bonchev–Trinajstić information content (AvgIpc) is 3.97. The van der Waals surface area contributed by atoms with E-state index in [0.717, 1.165) is 67.1 Å². The second-order valence-corrected chi connectivity index (χ2v) is 16.6. The van der Waals surface area contributed by atoms with Crippen molar-refractivity contribution in [3.05, 3.63) is 175 Å². The third kappa shape index (κ3) is 6.18. The predicted molar refractivity (Wildman–Crippen MR) is 244 cm³/mol. The summed E-state index contributed by atoms with van der Waals surface area (Å²) >= 11 is 0. The van der Waals surface area contributed by atoms with Gasteiger partial charge in [0.2, 0.25) is 0 Å². The maximum Gasteiger partial charge on any atom is 0.137 e. The molecule has 6 aromatic carbocycles. The van der Waals surface area contributed by atoms with Crippen LogP contribution in [0.5, 0.6) is 11.5 Å². The normalized spacial score (nSPS) is 12.0. The maximum absolute atomic E-state index is 6.70.